The third-order valence-corrected chi connectivity index (χ3v) is 5.30. The molecule has 0 bridgehead atoms. The number of carbonyl (C=O) groups excluding carboxylic acids is 2. The molecule has 1 aliphatic heterocycles. The number of fused-ring (bicyclic) bond motifs is 1. The smallest absolute Gasteiger partial charge is 0.238 e. The fourth-order valence-corrected chi connectivity index (χ4v) is 3.68. The van der Waals surface area contributed by atoms with Crippen LogP contribution in [0.1, 0.15) is 11.1 Å². The van der Waals surface area contributed by atoms with Crippen LogP contribution in [0, 0.1) is 6.92 Å². The molecule has 1 aromatic heterocycles. The van der Waals surface area contributed by atoms with Crippen molar-refractivity contribution in [3.63, 3.8) is 0 Å². The number of carbonyl (C=O) groups is 2. The van der Waals surface area contributed by atoms with Gasteiger partial charge in [-0.25, -0.2) is 0 Å². The maximum Gasteiger partial charge on any atom is 0.238 e. The van der Waals surface area contributed by atoms with E-state index >= 15 is 0 Å². The molecular weight excluding hydrogens is 366 g/mol. The van der Waals surface area contributed by atoms with Crippen molar-refractivity contribution in [3.05, 3.63) is 65.9 Å². The highest BCUT2D eigenvalue weighted by molar-refractivity contribution is 5.92. The summed E-state index contributed by atoms with van der Waals surface area (Å²) in [5.41, 5.74) is 3.68. The van der Waals surface area contributed by atoms with Gasteiger partial charge in [-0.1, -0.05) is 30.3 Å². The highest BCUT2D eigenvalue weighted by atomic mass is 16.3. The van der Waals surface area contributed by atoms with Crippen LogP contribution in [0.5, 0.6) is 0 Å². The molecule has 0 spiro atoms. The predicted octanol–water partition coefficient (Wildman–Crippen LogP) is 3.07. The summed E-state index contributed by atoms with van der Waals surface area (Å²) in [6.45, 7) is 5.01. The molecule has 150 valence electrons. The fraction of sp³-hybridized carbons (Fsp3) is 0.304. The summed E-state index contributed by atoms with van der Waals surface area (Å²) in [5, 5.41) is 3.90. The van der Waals surface area contributed by atoms with Gasteiger partial charge in [0.05, 0.1) is 19.2 Å². The molecule has 1 N–H and O–H groups in total. The van der Waals surface area contributed by atoms with E-state index in [0.717, 1.165) is 27.8 Å². The van der Waals surface area contributed by atoms with E-state index in [2.05, 4.69) is 10.2 Å². The van der Waals surface area contributed by atoms with Crippen molar-refractivity contribution in [1.29, 1.82) is 0 Å². The van der Waals surface area contributed by atoms with Gasteiger partial charge in [0.25, 0.3) is 0 Å². The van der Waals surface area contributed by atoms with Crippen LogP contribution in [0.2, 0.25) is 0 Å². The summed E-state index contributed by atoms with van der Waals surface area (Å²) in [6.07, 6.45) is 2.02. The minimum absolute atomic E-state index is 0.0314. The Morgan fingerprint density at radius 2 is 1.79 bits per heavy atom. The van der Waals surface area contributed by atoms with Crippen molar-refractivity contribution >= 4 is 28.5 Å². The minimum atomic E-state index is -0.0314. The lowest BCUT2D eigenvalue weighted by Crippen LogP contribution is -2.50. The van der Waals surface area contributed by atoms with E-state index in [1.54, 1.807) is 6.26 Å². The molecule has 2 heterocycles. The standard InChI is InChI=1S/C23H25N3O3/c1-17-7-8-20-18(16-29-21(20)13-17)14-23(28)26-11-9-25(10-12-26)15-22(27)24-19-5-3-2-4-6-19/h2-8,13,16H,9-12,14-15H2,1H3,(H,24,27). The lowest BCUT2D eigenvalue weighted by Gasteiger charge is -2.34. The maximum absolute atomic E-state index is 12.7. The summed E-state index contributed by atoms with van der Waals surface area (Å²) in [4.78, 5) is 28.9. The Hall–Kier alpha value is -3.12. The second-order valence-corrected chi connectivity index (χ2v) is 7.51. The lowest BCUT2D eigenvalue weighted by molar-refractivity contribution is -0.132. The first-order chi connectivity index (χ1) is 14.1. The average Bonchev–Trinajstić information content (AvgIpc) is 3.11. The van der Waals surface area contributed by atoms with Crippen molar-refractivity contribution in [1.82, 2.24) is 9.80 Å². The van der Waals surface area contributed by atoms with Gasteiger partial charge in [-0.3, -0.25) is 14.5 Å². The molecule has 1 fully saturated rings. The van der Waals surface area contributed by atoms with Gasteiger partial charge in [0.2, 0.25) is 11.8 Å². The third-order valence-electron chi connectivity index (χ3n) is 5.30. The summed E-state index contributed by atoms with van der Waals surface area (Å²) in [7, 11) is 0. The number of amides is 2. The molecule has 29 heavy (non-hydrogen) atoms. The van der Waals surface area contributed by atoms with E-state index in [0.29, 0.717) is 39.1 Å². The van der Waals surface area contributed by atoms with Crippen molar-refractivity contribution in [2.24, 2.45) is 0 Å². The number of para-hydroxylation sites is 1. The van der Waals surface area contributed by atoms with Gasteiger partial charge in [0.15, 0.2) is 0 Å². The van der Waals surface area contributed by atoms with E-state index in [1.165, 1.54) is 0 Å². The zero-order valence-corrected chi connectivity index (χ0v) is 16.6. The zero-order chi connectivity index (χ0) is 20.2. The van der Waals surface area contributed by atoms with E-state index < -0.39 is 0 Å². The van der Waals surface area contributed by atoms with Crippen LogP contribution in [0.15, 0.2) is 59.2 Å². The second-order valence-electron chi connectivity index (χ2n) is 7.51. The Morgan fingerprint density at radius 3 is 2.55 bits per heavy atom. The van der Waals surface area contributed by atoms with E-state index in [1.807, 2.05) is 60.4 Å². The number of rotatable bonds is 5. The number of anilines is 1. The molecule has 1 saturated heterocycles. The van der Waals surface area contributed by atoms with Crippen LogP contribution in [0.4, 0.5) is 5.69 Å². The molecule has 1 aliphatic rings. The van der Waals surface area contributed by atoms with Gasteiger partial charge in [0.1, 0.15) is 5.58 Å². The third kappa shape index (κ3) is 4.66. The van der Waals surface area contributed by atoms with Gasteiger partial charge < -0.3 is 14.6 Å². The molecular formula is C23H25N3O3. The molecule has 6 heteroatoms. The van der Waals surface area contributed by atoms with Crippen LogP contribution in [0.3, 0.4) is 0 Å². The van der Waals surface area contributed by atoms with Crippen LogP contribution in [0.25, 0.3) is 11.0 Å². The van der Waals surface area contributed by atoms with E-state index in [4.69, 9.17) is 4.42 Å². The first-order valence-electron chi connectivity index (χ1n) is 9.90. The molecule has 0 atom stereocenters. The van der Waals surface area contributed by atoms with Gasteiger partial charge in [-0.05, 0) is 30.7 Å². The number of furan rings is 1. The number of aryl methyl sites for hydroxylation is 1. The Morgan fingerprint density at radius 1 is 1.03 bits per heavy atom. The van der Waals surface area contributed by atoms with Crippen LogP contribution in [-0.2, 0) is 16.0 Å². The first-order valence-corrected chi connectivity index (χ1v) is 9.90. The van der Waals surface area contributed by atoms with E-state index in [9.17, 15) is 9.59 Å². The number of nitrogens with one attached hydrogen (secondary N) is 1. The molecule has 0 aliphatic carbocycles. The second kappa shape index (κ2) is 8.49. The van der Waals surface area contributed by atoms with Crippen molar-refractivity contribution in [2.75, 3.05) is 38.0 Å². The molecule has 6 nitrogen and oxygen atoms in total. The Kier molecular flexibility index (Phi) is 5.62. The molecule has 0 radical (unpaired) electrons. The number of hydrogen-bond acceptors (Lipinski definition) is 4. The van der Waals surface area contributed by atoms with Crippen LogP contribution < -0.4 is 5.32 Å². The summed E-state index contributed by atoms with van der Waals surface area (Å²) in [6, 6.07) is 15.5. The van der Waals surface area contributed by atoms with Crippen molar-refractivity contribution < 1.29 is 14.0 Å². The van der Waals surface area contributed by atoms with E-state index in [-0.39, 0.29) is 11.8 Å². The Bertz CT molecular complexity index is 1000. The first kappa shape index (κ1) is 19.2. The predicted molar refractivity (Wildman–Crippen MR) is 113 cm³/mol. The van der Waals surface area contributed by atoms with Crippen LogP contribution >= 0.6 is 0 Å². The zero-order valence-electron chi connectivity index (χ0n) is 16.6. The average molecular weight is 391 g/mol. The SMILES string of the molecule is Cc1ccc2c(CC(=O)N3CCN(CC(=O)Nc4ccccc4)CC3)coc2c1. The quantitative estimate of drug-likeness (QED) is 0.726. The van der Waals surface area contributed by atoms with Gasteiger partial charge in [-0.2, -0.15) is 0 Å². The number of nitrogens with zero attached hydrogens (tertiary/aromatic N) is 2. The molecule has 4 rings (SSSR count). The Balaban J connectivity index is 1.27. The topological polar surface area (TPSA) is 65.8 Å². The lowest BCUT2D eigenvalue weighted by atomic mass is 10.1. The Labute approximate surface area is 170 Å². The molecule has 0 saturated carbocycles. The van der Waals surface area contributed by atoms with Gasteiger partial charge in [0, 0.05) is 42.8 Å². The van der Waals surface area contributed by atoms with Gasteiger partial charge >= 0.3 is 0 Å². The minimum Gasteiger partial charge on any atom is -0.464 e. The molecule has 2 amide bonds. The summed E-state index contributed by atoms with van der Waals surface area (Å²) in [5.74, 6) is 0.0674. The van der Waals surface area contributed by atoms with Crippen LogP contribution in [-0.4, -0.2) is 54.3 Å². The molecule has 2 aromatic carbocycles. The maximum atomic E-state index is 12.7. The van der Waals surface area contributed by atoms with Crippen molar-refractivity contribution in [2.45, 2.75) is 13.3 Å². The normalized spacial score (nSPS) is 14.9. The largest absolute Gasteiger partial charge is 0.464 e. The number of benzene rings is 2. The molecule has 0 unspecified atom stereocenters. The summed E-state index contributed by atoms with van der Waals surface area (Å²) < 4.78 is 5.60. The highest BCUT2D eigenvalue weighted by Gasteiger charge is 2.23. The van der Waals surface area contributed by atoms with Gasteiger partial charge in [-0.15, -0.1) is 0 Å². The number of hydrogen-bond donors (Lipinski definition) is 1. The molecule has 3 aromatic rings. The summed E-state index contributed by atoms with van der Waals surface area (Å²) >= 11 is 0. The van der Waals surface area contributed by atoms with Crippen molar-refractivity contribution in [3.8, 4) is 0 Å². The fourth-order valence-electron chi connectivity index (χ4n) is 3.68. The monoisotopic (exact) mass is 391 g/mol. The number of piperazine rings is 1. The highest BCUT2D eigenvalue weighted by Crippen LogP contribution is 2.23.